The van der Waals surface area contributed by atoms with Crippen molar-refractivity contribution in [2.45, 2.75) is 44.7 Å². The van der Waals surface area contributed by atoms with E-state index in [4.69, 9.17) is 0 Å². The average Bonchev–Trinajstić information content (AvgIpc) is 2.97. The van der Waals surface area contributed by atoms with E-state index < -0.39 is 13.0 Å². The van der Waals surface area contributed by atoms with Crippen molar-refractivity contribution in [3.8, 4) is 0 Å². The zero-order valence-electron chi connectivity index (χ0n) is 11.8. The lowest BCUT2D eigenvalue weighted by atomic mass is 9.93. The molecule has 0 atom stereocenters. The van der Waals surface area contributed by atoms with Crippen molar-refractivity contribution < 1.29 is 13.6 Å². The summed E-state index contributed by atoms with van der Waals surface area (Å²) in [6.45, 7) is -0.593. The first-order chi connectivity index (χ1) is 10.6. The Bertz CT molecular complexity index is 649. The van der Waals surface area contributed by atoms with Gasteiger partial charge in [0.25, 0.3) is 6.43 Å². The van der Waals surface area contributed by atoms with Crippen molar-refractivity contribution in [1.82, 2.24) is 24.8 Å². The van der Waals surface area contributed by atoms with E-state index >= 15 is 0 Å². The van der Waals surface area contributed by atoms with Crippen LogP contribution in [0.15, 0.2) is 18.5 Å². The molecule has 7 nitrogen and oxygen atoms in total. The molecule has 0 saturated heterocycles. The van der Waals surface area contributed by atoms with Gasteiger partial charge in [0, 0.05) is 11.9 Å². The molecule has 1 aliphatic carbocycles. The second-order valence-corrected chi connectivity index (χ2v) is 5.25. The van der Waals surface area contributed by atoms with Crippen molar-refractivity contribution in [3.63, 3.8) is 0 Å². The van der Waals surface area contributed by atoms with E-state index in [9.17, 15) is 13.6 Å². The number of halogens is 2. The number of hydrogen-bond acceptors (Lipinski definition) is 4. The second-order valence-electron chi connectivity index (χ2n) is 5.25. The predicted octanol–water partition coefficient (Wildman–Crippen LogP) is 1.65. The maximum atomic E-state index is 12.2. The first-order valence-corrected chi connectivity index (χ1v) is 7.12. The summed E-state index contributed by atoms with van der Waals surface area (Å²) < 4.78 is 26.3. The van der Waals surface area contributed by atoms with Gasteiger partial charge in [-0.15, -0.1) is 5.10 Å². The first-order valence-electron chi connectivity index (χ1n) is 7.12. The number of nitrogens with zero attached hydrogens (tertiary/aromatic N) is 5. The normalized spacial score (nSPS) is 15.0. The van der Waals surface area contributed by atoms with Crippen molar-refractivity contribution in [2.24, 2.45) is 0 Å². The van der Waals surface area contributed by atoms with Gasteiger partial charge in [-0.1, -0.05) is 0 Å². The highest BCUT2D eigenvalue weighted by Crippen LogP contribution is 2.31. The lowest BCUT2D eigenvalue weighted by molar-refractivity contribution is -0.115. The molecule has 1 aliphatic rings. The number of aromatic nitrogens is 5. The van der Waals surface area contributed by atoms with Crippen LogP contribution in [0.2, 0.25) is 0 Å². The Morgan fingerprint density at radius 1 is 1.41 bits per heavy atom. The molecule has 0 radical (unpaired) electrons. The molecule has 1 amide bonds. The first kappa shape index (κ1) is 14.6. The Labute approximate surface area is 125 Å². The highest BCUT2D eigenvalue weighted by atomic mass is 19.3. The van der Waals surface area contributed by atoms with Gasteiger partial charge in [-0.25, -0.2) is 8.78 Å². The summed E-state index contributed by atoms with van der Waals surface area (Å²) in [6, 6.07) is 2.19. The Kier molecular flexibility index (Phi) is 4.12. The Balaban J connectivity index is 1.58. The minimum atomic E-state index is -2.53. The summed E-state index contributed by atoms with van der Waals surface area (Å²) in [5.74, 6) is -0.106. The molecule has 22 heavy (non-hydrogen) atoms. The molecule has 2 heterocycles. The molecule has 1 fully saturated rings. The minimum Gasteiger partial charge on any atom is -0.308 e. The monoisotopic (exact) mass is 310 g/mol. The number of hydrogen-bond donors (Lipinski definition) is 1. The lowest BCUT2D eigenvalue weighted by Gasteiger charge is -2.27. The predicted molar refractivity (Wildman–Crippen MR) is 73.5 cm³/mol. The van der Waals surface area contributed by atoms with Crippen LogP contribution in [0, 0.1) is 0 Å². The van der Waals surface area contributed by atoms with E-state index in [0.717, 1.165) is 23.3 Å². The van der Waals surface area contributed by atoms with Crippen molar-refractivity contribution in [2.75, 3.05) is 5.32 Å². The van der Waals surface area contributed by atoms with Crippen LogP contribution >= 0.6 is 0 Å². The largest absolute Gasteiger partial charge is 0.308 e. The summed E-state index contributed by atoms with van der Waals surface area (Å²) in [6.07, 6.45) is 3.91. The van der Waals surface area contributed by atoms with Gasteiger partial charge in [-0.05, 0) is 25.3 Å². The minimum absolute atomic E-state index is 0.165. The van der Waals surface area contributed by atoms with Crippen molar-refractivity contribution >= 4 is 11.7 Å². The summed E-state index contributed by atoms with van der Waals surface area (Å²) >= 11 is 0. The van der Waals surface area contributed by atoms with Crippen molar-refractivity contribution in [1.29, 1.82) is 0 Å². The number of carbonyl (C=O) groups excluding carboxylic acids is 1. The van der Waals surface area contributed by atoms with Gasteiger partial charge >= 0.3 is 0 Å². The molecular formula is C13H16F2N6O. The highest BCUT2D eigenvalue weighted by Gasteiger charge is 2.23. The van der Waals surface area contributed by atoms with Crippen LogP contribution in [-0.4, -0.2) is 37.1 Å². The van der Waals surface area contributed by atoms with Gasteiger partial charge < -0.3 is 5.32 Å². The number of nitrogens with one attached hydrogen (secondary N) is 1. The number of anilines is 1. The SMILES string of the molecule is O=C(Cc1ccnn1C1CCC1)Nc1cnn(CC(F)F)n1. The van der Waals surface area contributed by atoms with Crippen LogP contribution in [0.3, 0.4) is 0 Å². The van der Waals surface area contributed by atoms with Crippen LogP contribution in [0.4, 0.5) is 14.6 Å². The third kappa shape index (κ3) is 3.29. The molecule has 2 aromatic heterocycles. The van der Waals surface area contributed by atoms with Gasteiger partial charge in [0.1, 0.15) is 6.54 Å². The number of amides is 1. The maximum Gasteiger partial charge on any atom is 0.259 e. The number of alkyl halides is 2. The second kappa shape index (κ2) is 6.20. The fraction of sp³-hybridized carbons (Fsp3) is 0.538. The molecule has 0 unspecified atom stereocenters. The molecule has 1 saturated carbocycles. The van der Waals surface area contributed by atoms with E-state index in [2.05, 4.69) is 20.6 Å². The van der Waals surface area contributed by atoms with E-state index in [1.165, 1.54) is 12.6 Å². The molecule has 0 bridgehead atoms. The van der Waals surface area contributed by atoms with Gasteiger partial charge in [-0.3, -0.25) is 9.48 Å². The van der Waals surface area contributed by atoms with E-state index in [1.54, 1.807) is 6.20 Å². The average molecular weight is 310 g/mol. The summed E-state index contributed by atoms with van der Waals surface area (Å²) in [4.78, 5) is 12.9. The van der Waals surface area contributed by atoms with Gasteiger partial charge in [0.05, 0.1) is 18.7 Å². The lowest BCUT2D eigenvalue weighted by Crippen LogP contribution is -2.23. The van der Waals surface area contributed by atoms with Gasteiger partial charge in [0.2, 0.25) is 5.91 Å². The standard InChI is InChI=1S/C13H16F2N6O/c14-11(15)8-20-17-7-12(19-20)18-13(22)6-10-4-5-16-21(10)9-2-1-3-9/h4-5,7,9,11H,1-3,6,8H2,(H,18,19,22). The number of carbonyl (C=O) groups is 1. The van der Waals surface area contributed by atoms with Crippen LogP contribution in [0.5, 0.6) is 0 Å². The fourth-order valence-corrected chi connectivity index (χ4v) is 2.36. The summed E-state index contributed by atoms with van der Waals surface area (Å²) in [5.41, 5.74) is 0.835. The third-order valence-corrected chi connectivity index (χ3v) is 3.62. The molecule has 0 spiro atoms. The van der Waals surface area contributed by atoms with Crippen LogP contribution in [0.1, 0.15) is 31.0 Å². The fourth-order valence-electron chi connectivity index (χ4n) is 2.36. The topological polar surface area (TPSA) is 77.6 Å². The van der Waals surface area contributed by atoms with Gasteiger partial charge in [0.15, 0.2) is 5.82 Å². The number of rotatable bonds is 6. The van der Waals surface area contributed by atoms with E-state index in [-0.39, 0.29) is 18.1 Å². The smallest absolute Gasteiger partial charge is 0.259 e. The quantitative estimate of drug-likeness (QED) is 0.880. The molecule has 2 aromatic rings. The van der Waals surface area contributed by atoms with E-state index in [1.807, 2.05) is 10.7 Å². The third-order valence-electron chi connectivity index (χ3n) is 3.62. The van der Waals surface area contributed by atoms with Crippen LogP contribution in [0.25, 0.3) is 0 Å². The zero-order chi connectivity index (χ0) is 15.5. The van der Waals surface area contributed by atoms with Gasteiger partial charge in [-0.2, -0.15) is 15.0 Å². The Morgan fingerprint density at radius 3 is 2.91 bits per heavy atom. The Morgan fingerprint density at radius 2 is 2.23 bits per heavy atom. The van der Waals surface area contributed by atoms with Crippen LogP contribution in [-0.2, 0) is 17.8 Å². The molecule has 9 heteroatoms. The molecule has 3 rings (SSSR count). The van der Waals surface area contributed by atoms with Crippen LogP contribution < -0.4 is 5.32 Å². The molecule has 0 aromatic carbocycles. The molecule has 1 N–H and O–H groups in total. The van der Waals surface area contributed by atoms with E-state index in [0.29, 0.717) is 6.04 Å². The summed E-state index contributed by atoms with van der Waals surface area (Å²) in [7, 11) is 0. The Hall–Kier alpha value is -2.32. The highest BCUT2D eigenvalue weighted by molar-refractivity contribution is 5.90. The molecule has 0 aliphatic heterocycles. The van der Waals surface area contributed by atoms with Crippen molar-refractivity contribution in [3.05, 3.63) is 24.2 Å². The zero-order valence-corrected chi connectivity index (χ0v) is 11.8. The molecular weight excluding hydrogens is 294 g/mol. The molecule has 118 valence electrons. The maximum absolute atomic E-state index is 12.2. The summed E-state index contributed by atoms with van der Waals surface area (Å²) in [5, 5.41) is 14.3.